The third kappa shape index (κ3) is 9.46. The van der Waals surface area contributed by atoms with Crippen molar-refractivity contribution in [1.82, 2.24) is 19.9 Å². The zero-order valence-electron chi connectivity index (χ0n) is 27.0. The predicted octanol–water partition coefficient (Wildman–Crippen LogP) is 10.4. The van der Waals surface area contributed by atoms with Crippen LogP contribution in [0.2, 0.25) is 0 Å². The molecule has 9 rings (SSSR count). The Bertz CT molecular complexity index is 2110. The number of aromatic nitrogens is 4. The molecule has 0 bridgehead atoms. The smallest absolute Gasteiger partial charge is 0.0894 e. The fourth-order valence-corrected chi connectivity index (χ4v) is 5.15. The molecule has 0 radical (unpaired) electrons. The molecule has 4 aromatic carbocycles. The Hall–Kier alpha value is -5.34. The standard InChI is InChI=1S/C17H11N.C15H11N3.C12H6O.2Pt/c1-2-7-14(8-3-1)15-9-6-10-16(13-15)17-11-4-5-12-18-17;1-3-10-16-12(6-1)14-8-5-9-15(18-14)13-7-2-4-11-17-13;1-3-7-11-9(5-1)10-6-2-4-8-12(10)13-11;;/h1-7,9-12H;1-11H;1-6H;;/q-2;;-2;;. The maximum atomic E-state index is 5.54. The second-order valence-corrected chi connectivity index (χ2v) is 10.7. The summed E-state index contributed by atoms with van der Waals surface area (Å²) in [5, 5.41) is 2.21. The average Bonchev–Trinajstić information content (AvgIpc) is 3.59. The first kappa shape index (κ1) is 36.9. The predicted molar refractivity (Wildman–Crippen MR) is 195 cm³/mol. The first-order valence-electron chi connectivity index (χ1n) is 15.7. The van der Waals surface area contributed by atoms with Crippen LogP contribution in [0.15, 0.2) is 175 Å². The molecule has 0 aliphatic heterocycles. The first-order valence-corrected chi connectivity index (χ1v) is 15.7. The number of hydrogen-bond acceptors (Lipinski definition) is 5. The molecule has 254 valence electrons. The Balaban J connectivity index is 0.000000147. The van der Waals surface area contributed by atoms with Gasteiger partial charge >= 0.3 is 0 Å². The topological polar surface area (TPSA) is 64.7 Å². The second-order valence-electron chi connectivity index (χ2n) is 10.7. The number of benzene rings is 4. The van der Waals surface area contributed by atoms with Crippen molar-refractivity contribution >= 4 is 21.9 Å². The van der Waals surface area contributed by atoms with E-state index in [1.54, 1.807) is 18.6 Å². The molecule has 5 heterocycles. The number of nitrogens with zero attached hydrogens (tertiary/aromatic N) is 4. The average molecular weight is 1020 g/mol. The number of rotatable bonds is 4. The number of fused-ring (bicyclic) bond motifs is 3. The van der Waals surface area contributed by atoms with E-state index < -0.39 is 0 Å². The minimum Gasteiger partial charge on any atom is -0.510 e. The van der Waals surface area contributed by atoms with Crippen LogP contribution in [-0.4, -0.2) is 19.9 Å². The normalized spacial score (nSPS) is 10.0. The third-order valence-corrected chi connectivity index (χ3v) is 7.47. The Labute approximate surface area is 326 Å². The van der Waals surface area contributed by atoms with Gasteiger partial charge in [-0.05, 0) is 42.5 Å². The van der Waals surface area contributed by atoms with E-state index in [1.165, 1.54) is 0 Å². The fourth-order valence-electron chi connectivity index (χ4n) is 5.15. The molecule has 0 spiro atoms. The molecule has 0 N–H and O–H groups in total. The summed E-state index contributed by atoms with van der Waals surface area (Å²) in [5.74, 6) is 0. The van der Waals surface area contributed by atoms with Gasteiger partial charge in [-0.3, -0.25) is 15.0 Å². The molecule has 0 fully saturated rings. The monoisotopic (exact) mass is 1020 g/mol. The molecule has 9 aromatic rings. The molecule has 0 unspecified atom stereocenters. The van der Waals surface area contributed by atoms with Crippen molar-refractivity contribution in [3.05, 3.63) is 195 Å². The number of hydrogen-bond donors (Lipinski definition) is 0. The molecule has 51 heavy (non-hydrogen) atoms. The van der Waals surface area contributed by atoms with Crippen molar-refractivity contribution in [3.63, 3.8) is 0 Å². The van der Waals surface area contributed by atoms with Gasteiger partial charge in [-0.1, -0.05) is 30.3 Å². The van der Waals surface area contributed by atoms with Gasteiger partial charge in [0, 0.05) is 77.6 Å². The van der Waals surface area contributed by atoms with Crippen LogP contribution < -0.4 is 0 Å². The van der Waals surface area contributed by atoms with Crippen molar-refractivity contribution in [3.8, 4) is 45.2 Å². The minimum atomic E-state index is 0. The zero-order chi connectivity index (χ0) is 33.1. The van der Waals surface area contributed by atoms with Gasteiger partial charge in [0.15, 0.2) is 0 Å². The summed E-state index contributed by atoms with van der Waals surface area (Å²) in [7, 11) is 0. The van der Waals surface area contributed by atoms with E-state index in [9.17, 15) is 0 Å². The van der Waals surface area contributed by atoms with E-state index in [0.29, 0.717) is 0 Å². The molecule has 5 nitrogen and oxygen atoms in total. The Kier molecular flexibility index (Phi) is 13.5. The molecule has 5 aromatic heterocycles. The summed E-state index contributed by atoms with van der Waals surface area (Å²) in [6, 6.07) is 61.8. The van der Waals surface area contributed by atoms with E-state index in [0.717, 1.165) is 67.1 Å². The van der Waals surface area contributed by atoms with E-state index in [4.69, 9.17) is 4.42 Å². The quantitative estimate of drug-likeness (QED) is 0.164. The molecular weight excluding hydrogens is 991 g/mol. The molecule has 0 aliphatic carbocycles. The maximum Gasteiger partial charge on any atom is 0.0894 e. The molecular formula is C44H28N4OPt2-4. The van der Waals surface area contributed by atoms with E-state index in [1.807, 2.05) is 152 Å². The third-order valence-electron chi connectivity index (χ3n) is 7.47. The van der Waals surface area contributed by atoms with Crippen LogP contribution in [0.1, 0.15) is 0 Å². The molecule has 7 heteroatoms. The zero-order valence-corrected chi connectivity index (χ0v) is 31.5. The molecule has 0 amide bonds. The van der Waals surface area contributed by atoms with E-state index in [2.05, 4.69) is 44.2 Å². The van der Waals surface area contributed by atoms with Gasteiger partial charge in [0.2, 0.25) is 0 Å². The van der Waals surface area contributed by atoms with Gasteiger partial charge in [0.25, 0.3) is 0 Å². The summed E-state index contributed by atoms with van der Waals surface area (Å²) in [5.41, 5.74) is 9.11. The molecule has 0 saturated carbocycles. The van der Waals surface area contributed by atoms with Gasteiger partial charge in [-0.2, -0.15) is 78.4 Å². The number of furan rings is 1. The Morgan fingerprint density at radius 1 is 0.373 bits per heavy atom. The van der Waals surface area contributed by atoms with Crippen LogP contribution in [0.3, 0.4) is 0 Å². The summed E-state index contributed by atoms with van der Waals surface area (Å²) >= 11 is 0. The van der Waals surface area contributed by atoms with Crippen molar-refractivity contribution in [1.29, 1.82) is 0 Å². The molecule has 0 saturated heterocycles. The van der Waals surface area contributed by atoms with E-state index >= 15 is 0 Å². The van der Waals surface area contributed by atoms with Crippen LogP contribution in [0.5, 0.6) is 0 Å². The molecule has 0 atom stereocenters. The summed E-state index contributed by atoms with van der Waals surface area (Å²) in [4.78, 5) is 17.5. The Morgan fingerprint density at radius 2 is 0.843 bits per heavy atom. The largest absolute Gasteiger partial charge is 0.510 e. The van der Waals surface area contributed by atoms with E-state index in [-0.39, 0.29) is 42.1 Å². The summed E-state index contributed by atoms with van der Waals surface area (Å²) in [6.07, 6.45) is 5.33. The number of para-hydroxylation sites is 2. The minimum absolute atomic E-state index is 0. The van der Waals surface area contributed by atoms with Crippen LogP contribution >= 0.6 is 0 Å². The van der Waals surface area contributed by atoms with Crippen LogP contribution in [0.4, 0.5) is 0 Å². The van der Waals surface area contributed by atoms with Crippen molar-refractivity contribution < 1.29 is 46.5 Å². The maximum absolute atomic E-state index is 5.54. The second kappa shape index (κ2) is 18.6. The van der Waals surface area contributed by atoms with Crippen molar-refractivity contribution in [2.75, 3.05) is 0 Å². The summed E-state index contributed by atoms with van der Waals surface area (Å²) in [6.45, 7) is 0. The van der Waals surface area contributed by atoms with Crippen LogP contribution in [0, 0.1) is 24.3 Å². The van der Waals surface area contributed by atoms with Crippen LogP contribution in [-0.2, 0) is 42.1 Å². The number of pyridine rings is 4. The van der Waals surface area contributed by atoms with Gasteiger partial charge in [-0.25, -0.2) is 10.5 Å². The molecule has 0 aliphatic rings. The van der Waals surface area contributed by atoms with Gasteiger partial charge in [-0.15, -0.1) is 46.7 Å². The van der Waals surface area contributed by atoms with Crippen molar-refractivity contribution in [2.45, 2.75) is 0 Å². The van der Waals surface area contributed by atoms with Crippen molar-refractivity contribution in [2.24, 2.45) is 0 Å². The fraction of sp³-hybridized carbons (Fsp3) is 0. The first-order chi connectivity index (χ1) is 24.3. The SMILES string of the molecule is [Pt].[Pt].[c-]1cccc2c1oc1[c-]cccc12.[c-]1ccccc1-c1[c-]c(-c2ccccn2)ccc1.c1ccc(-c2cccc(-c3ccccn3)n2)nc1. The summed E-state index contributed by atoms with van der Waals surface area (Å²) < 4.78 is 5.54. The Morgan fingerprint density at radius 3 is 1.37 bits per heavy atom. The van der Waals surface area contributed by atoms with Gasteiger partial charge < -0.3 is 4.42 Å². The van der Waals surface area contributed by atoms with Gasteiger partial charge in [0.05, 0.1) is 22.8 Å². The van der Waals surface area contributed by atoms with Crippen LogP contribution in [0.25, 0.3) is 67.1 Å². The van der Waals surface area contributed by atoms with Gasteiger partial charge in [0.1, 0.15) is 0 Å².